The fourth-order valence-corrected chi connectivity index (χ4v) is 2.50. The molecule has 0 saturated heterocycles. The highest BCUT2D eigenvalue weighted by atomic mass is 35.5. The standard InChI is InChI=1S/C19H20ClN5O2/c20-17-9-7-16(8-10-17)19-22-24-25(23-19)13-18(26)21-11-4-12-27-14-15-5-2-1-3-6-15/h1-3,5-10H,4,11-14H2,(H,21,26). The largest absolute Gasteiger partial charge is 0.377 e. The molecule has 2 aromatic carbocycles. The molecule has 0 aliphatic carbocycles. The molecule has 27 heavy (non-hydrogen) atoms. The summed E-state index contributed by atoms with van der Waals surface area (Å²) in [4.78, 5) is 13.2. The fourth-order valence-electron chi connectivity index (χ4n) is 2.38. The van der Waals surface area contributed by atoms with Gasteiger partial charge in [0.15, 0.2) is 0 Å². The van der Waals surface area contributed by atoms with Crippen molar-refractivity contribution in [3.05, 3.63) is 65.2 Å². The molecule has 1 N–H and O–H groups in total. The van der Waals surface area contributed by atoms with Gasteiger partial charge in [-0.3, -0.25) is 4.79 Å². The van der Waals surface area contributed by atoms with Gasteiger partial charge >= 0.3 is 0 Å². The van der Waals surface area contributed by atoms with E-state index in [9.17, 15) is 4.79 Å². The van der Waals surface area contributed by atoms with Crippen molar-refractivity contribution < 1.29 is 9.53 Å². The summed E-state index contributed by atoms with van der Waals surface area (Å²) in [6.45, 7) is 1.71. The third kappa shape index (κ3) is 6.16. The van der Waals surface area contributed by atoms with E-state index < -0.39 is 0 Å². The lowest BCUT2D eigenvalue weighted by Gasteiger charge is -2.06. The van der Waals surface area contributed by atoms with E-state index in [4.69, 9.17) is 16.3 Å². The first-order valence-electron chi connectivity index (χ1n) is 8.63. The molecule has 3 rings (SSSR count). The number of carbonyl (C=O) groups excluding carboxylic acids is 1. The molecule has 1 amide bonds. The average Bonchev–Trinajstić information content (AvgIpc) is 3.14. The van der Waals surface area contributed by atoms with Crippen molar-refractivity contribution in [2.45, 2.75) is 19.6 Å². The Kier molecular flexibility index (Phi) is 6.90. The Morgan fingerprint density at radius 2 is 1.89 bits per heavy atom. The predicted octanol–water partition coefficient (Wildman–Crippen LogP) is 2.72. The van der Waals surface area contributed by atoms with Crippen molar-refractivity contribution in [3.63, 3.8) is 0 Å². The molecule has 3 aromatic rings. The maximum atomic E-state index is 12.0. The van der Waals surface area contributed by atoms with Crippen LogP contribution >= 0.6 is 11.6 Å². The van der Waals surface area contributed by atoms with Crippen LogP contribution in [0.2, 0.25) is 5.02 Å². The maximum absolute atomic E-state index is 12.0. The molecule has 7 nitrogen and oxygen atoms in total. The van der Waals surface area contributed by atoms with Crippen molar-refractivity contribution >= 4 is 17.5 Å². The summed E-state index contributed by atoms with van der Waals surface area (Å²) < 4.78 is 5.58. The highest BCUT2D eigenvalue weighted by Gasteiger charge is 2.09. The molecule has 1 aromatic heterocycles. The fraction of sp³-hybridized carbons (Fsp3) is 0.263. The second-order valence-corrected chi connectivity index (χ2v) is 6.33. The van der Waals surface area contributed by atoms with E-state index in [1.54, 1.807) is 24.3 Å². The van der Waals surface area contributed by atoms with Crippen LogP contribution in [0.1, 0.15) is 12.0 Å². The topological polar surface area (TPSA) is 81.9 Å². The van der Waals surface area contributed by atoms with Crippen LogP contribution in [0.25, 0.3) is 11.4 Å². The number of carbonyl (C=O) groups is 1. The summed E-state index contributed by atoms with van der Waals surface area (Å²) in [7, 11) is 0. The molecule has 0 radical (unpaired) electrons. The second-order valence-electron chi connectivity index (χ2n) is 5.89. The number of halogens is 1. The van der Waals surface area contributed by atoms with Crippen molar-refractivity contribution in [2.75, 3.05) is 13.2 Å². The number of rotatable bonds is 9. The van der Waals surface area contributed by atoms with Gasteiger partial charge in [-0.15, -0.1) is 10.2 Å². The third-order valence-electron chi connectivity index (χ3n) is 3.74. The van der Waals surface area contributed by atoms with Gasteiger partial charge in [0.25, 0.3) is 0 Å². The van der Waals surface area contributed by atoms with Crippen LogP contribution in [0, 0.1) is 0 Å². The molecular weight excluding hydrogens is 366 g/mol. The SMILES string of the molecule is O=C(Cn1nnc(-c2ccc(Cl)cc2)n1)NCCCOCc1ccccc1. The van der Waals surface area contributed by atoms with Crippen LogP contribution in [0.5, 0.6) is 0 Å². The summed E-state index contributed by atoms with van der Waals surface area (Å²) >= 11 is 5.86. The first kappa shape index (κ1) is 19.0. The first-order chi connectivity index (χ1) is 13.2. The monoisotopic (exact) mass is 385 g/mol. The van der Waals surface area contributed by atoms with Crippen LogP contribution in [-0.4, -0.2) is 39.3 Å². The van der Waals surface area contributed by atoms with E-state index in [1.165, 1.54) is 4.80 Å². The van der Waals surface area contributed by atoms with Gasteiger partial charge in [-0.05, 0) is 41.5 Å². The highest BCUT2D eigenvalue weighted by molar-refractivity contribution is 6.30. The van der Waals surface area contributed by atoms with Crippen molar-refractivity contribution in [2.24, 2.45) is 0 Å². The zero-order valence-corrected chi connectivity index (χ0v) is 15.5. The molecule has 0 aliphatic rings. The molecule has 140 valence electrons. The zero-order chi connectivity index (χ0) is 18.9. The Labute approximate surface area is 162 Å². The summed E-state index contributed by atoms with van der Waals surface area (Å²) in [6, 6.07) is 17.1. The van der Waals surface area contributed by atoms with Crippen LogP contribution in [0.4, 0.5) is 0 Å². The van der Waals surface area contributed by atoms with Crippen LogP contribution in [0.15, 0.2) is 54.6 Å². The van der Waals surface area contributed by atoms with Crippen molar-refractivity contribution in [1.29, 1.82) is 0 Å². The van der Waals surface area contributed by atoms with Crippen LogP contribution in [0.3, 0.4) is 0 Å². The van der Waals surface area contributed by atoms with Crippen molar-refractivity contribution in [1.82, 2.24) is 25.5 Å². The first-order valence-corrected chi connectivity index (χ1v) is 9.00. The normalized spacial score (nSPS) is 10.7. The Morgan fingerprint density at radius 1 is 1.11 bits per heavy atom. The molecule has 0 atom stereocenters. The summed E-state index contributed by atoms with van der Waals surface area (Å²) in [6.07, 6.45) is 0.736. The number of amides is 1. The Morgan fingerprint density at radius 3 is 2.67 bits per heavy atom. The average molecular weight is 386 g/mol. The predicted molar refractivity (Wildman–Crippen MR) is 102 cm³/mol. The Bertz CT molecular complexity index is 852. The minimum atomic E-state index is -0.168. The number of benzene rings is 2. The zero-order valence-electron chi connectivity index (χ0n) is 14.7. The van der Waals surface area contributed by atoms with Gasteiger partial charge in [-0.2, -0.15) is 4.80 Å². The van der Waals surface area contributed by atoms with Gasteiger partial charge in [0.1, 0.15) is 6.54 Å². The maximum Gasteiger partial charge on any atom is 0.243 e. The van der Waals surface area contributed by atoms with E-state index in [0.29, 0.717) is 30.6 Å². The Hall–Kier alpha value is -2.77. The van der Waals surface area contributed by atoms with Gasteiger partial charge in [0, 0.05) is 23.7 Å². The number of nitrogens with zero attached hydrogens (tertiary/aromatic N) is 4. The van der Waals surface area contributed by atoms with Gasteiger partial charge < -0.3 is 10.1 Å². The molecule has 0 fully saturated rings. The molecule has 0 saturated carbocycles. The smallest absolute Gasteiger partial charge is 0.243 e. The van der Waals surface area contributed by atoms with E-state index in [0.717, 1.165) is 17.5 Å². The van der Waals surface area contributed by atoms with Crippen LogP contribution < -0.4 is 5.32 Å². The van der Waals surface area contributed by atoms with E-state index in [1.807, 2.05) is 30.3 Å². The van der Waals surface area contributed by atoms with E-state index in [-0.39, 0.29) is 12.5 Å². The highest BCUT2D eigenvalue weighted by Crippen LogP contribution is 2.16. The van der Waals surface area contributed by atoms with Gasteiger partial charge in [-0.25, -0.2) is 0 Å². The molecule has 0 unspecified atom stereocenters. The number of tetrazole rings is 1. The molecule has 8 heteroatoms. The number of nitrogens with one attached hydrogen (secondary N) is 1. The van der Waals surface area contributed by atoms with Gasteiger partial charge in [0.05, 0.1) is 6.61 Å². The summed E-state index contributed by atoms with van der Waals surface area (Å²) in [5.74, 6) is 0.284. The molecule has 1 heterocycles. The molecule has 0 spiro atoms. The quantitative estimate of drug-likeness (QED) is 0.573. The van der Waals surface area contributed by atoms with Crippen LogP contribution in [-0.2, 0) is 22.7 Å². The van der Waals surface area contributed by atoms with E-state index in [2.05, 4.69) is 20.7 Å². The number of hydrogen-bond acceptors (Lipinski definition) is 5. The summed E-state index contributed by atoms with van der Waals surface area (Å²) in [5, 5.41) is 15.5. The van der Waals surface area contributed by atoms with Crippen molar-refractivity contribution in [3.8, 4) is 11.4 Å². The minimum absolute atomic E-state index is 0.0193. The Balaban J connectivity index is 1.34. The molecule has 0 bridgehead atoms. The van der Waals surface area contributed by atoms with Gasteiger partial charge in [0.2, 0.25) is 11.7 Å². The second kappa shape index (κ2) is 9.80. The third-order valence-corrected chi connectivity index (χ3v) is 3.99. The number of aromatic nitrogens is 4. The lowest BCUT2D eigenvalue weighted by molar-refractivity contribution is -0.122. The number of hydrogen-bond donors (Lipinski definition) is 1. The minimum Gasteiger partial charge on any atom is -0.377 e. The lowest BCUT2D eigenvalue weighted by Crippen LogP contribution is -2.29. The summed E-state index contributed by atoms with van der Waals surface area (Å²) in [5.41, 5.74) is 1.93. The number of ether oxygens (including phenoxy) is 1. The lowest BCUT2D eigenvalue weighted by atomic mass is 10.2. The molecule has 0 aliphatic heterocycles. The van der Waals surface area contributed by atoms with Gasteiger partial charge in [-0.1, -0.05) is 41.9 Å². The molecular formula is C19H20ClN5O2. The van der Waals surface area contributed by atoms with E-state index >= 15 is 0 Å².